The summed E-state index contributed by atoms with van der Waals surface area (Å²) in [7, 11) is -3.83. The van der Waals surface area contributed by atoms with Crippen molar-refractivity contribution < 1.29 is 17.6 Å². The number of aromatic nitrogens is 1. The van der Waals surface area contributed by atoms with Gasteiger partial charge in [-0.15, -0.1) is 0 Å². The van der Waals surface area contributed by atoms with Gasteiger partial charge in [0, 0.05) is 16.4 Å². The van der Waals surface area contributed by atoms with Crippen LogP contribution in [-0.2, 0) is 10.0 Å². The molecule has 0 atom stereocenters. The van der Waals surface area contributed by atoms with Gasteiger partial charge in [0.2, 0.25) is 0 Å². The minimum atomic E-state index is -3.83. The van der Waals surface area contributed by atoms with Gasteiger partial charge in [0.1, 0.15) is 5.82 Å². The normalized spacial score (nSPS) is 11.1. The average Bonchev–Trinajstić information content (AvgIpc) is 2.64. The molecule has 0 aliphatic rings. The van der Waals surface area contributed by atoms with Gasteiger partial charge in [0.15, 0.2) is 0 Å². The number of carbonyl (C=O) groups is 1. The highest BCUT2D eigenvalue weighted by molar-refractivity contribution is 9.10. The van der Waals surface area contributed by atoms with Crippen LogP contribution in [0.1, 0.15) is 15.9 Å². The van der Waals surface area contributed by atoms with Crippen LogP contribution >= 0.6 is 15.9 Å². The molecular weight excluding hydrogens is 449 g/mol. The van der Waals surface area contributed by atoms with E-state index in [0.29, 0.717) is 11.3 Å². The van der Waals surface area contributed by atoms with Crippen molar-refractivity contribution in [3.05, 3.63) is 82.3 Å². The van der Waals surface area contributed by atoms with E-state index in [-0.39, 0.29) is 16.1 Å². The van der Waals surface area contributed by atoms with Crippen LogP contribution in [0.15, 0.2) is 70.3 Å². The van der Waals surface area contributed by atoms with Crippen LogP contribution in [0.2, 0.25) is 0 Å². The molecule has 0 fully saturated rings. The molecule has 6 nitrogen and oxygen atoms in total. The molecule has 0 bridgehead atoms. The van der Waals surface area contributed by atoms with Gasteiger partial charge < -0.3 is 5.32 Å². The molecule has 1 aromatic heterocycles. The monoisotopic (exact) mass is 463 g/mol. The number of anilines is 2. The molecule has 9 heteroatoms. The lowest BCUT2D eigenvalue weighted by atomic mass is 10.2. The quantitative estimate of drug-likeness (QED) is 0.588. The van der Waals surface area contributed by atoms with Crippen LogP contribution in [0.3, 0.4) is 0 Å². The fourth-order valence-corrected chi connectivity index (χ4v) is 3.71. The lowest BCUT2D eigenvalue weighted by Crippen LogP contribution is -2.16. The summed E-state index contributed by atoms with van der Waals surface area (Å²) in [5.41, 5.74) is 1.31. The van der Waals surface area contributed by atoms with E-state index in [1.807, 2.05) is 0 Å². The predicted octanol–water partition coefficient (Wildman–Crippen LogP) is 4.34. The largest absolute Gasteiger partial charge is 0.322 e. The first-order valence-electron chi connectivity index (χ1n) is 8.05. The maximum atomic E-state index is 13.2. The summed E-state index contributed by atoms with van der Waals surface area (Å²) in [5, 5.41) is 2.65. The number of aryl methyl sites for hydroxylation is 1. The third-order valence-corrected chi connectivity index (χ3v) is 5.74. The number of hydrogen-bond donors (Lipinski definition) is 2. The van der Waals surface area contributed by atoms with Gasteiger partial charge in [-0.05, 0) is 61.0 Å². The lowest BCUT2D eigenvalue weighted by Gasteiger charge is -2.11. The van der Waals surface area contributed by atoms with E-state index in [1.165, 1.54) is 48.8 Å². The standard InChI is InChI=1S/C19H15BrFN3O3S/c1-12-8-15(21)4-7-18(12)23-19(25)13-9-16(11-22-10-13)24-28(26,27)17-5-2-14(20)3-6-17/h2-11,24H,1H3,(H,23,25). The molecule has 0 unspecified atom stereocenters. The second-order valence-corrected chi connectivity index (χ2v) is 8.53. The summed E-state index contributed by atoms with van der Waals surface area (Å²) in [6, 6.07) is 11.5. The molecule has 2 N–H and O–H groups in total. The second-order valence-electron chi connectivity index (χ2n) is 5.94. The molecule has 0 aliphatic heterocycles. The summed E-state index contributed by atoms with van der Waals surface area (Å²) >= 11 is 3.25. The summed E-state index contributed by atoms with van der Waals surface area (Å²) < 4.78 is 41.3. The minimum absolute atomic E-state index is 0.0764. The van der Waals surface area contributed by atoms with Gasteiger partial charge >= 0.3 is 0 Å². The van der Waals surface area contributed by atoms with E-state index < -0.39 is 21.7 Å². The Morgan fingerprint density at radius 2 is 1.79 bits per heavy atom. The number of halogens is 2. The number of nitrogens with one attached hydrogen (secondary N) is 2. The van der Waals surface area contributed by atoms with E-state index in [4.69, 9.17) is 0 Å². The number of amides is 1. The van der Waals surface area contributed by atoms with Gasteiger partial charge in [0.05, 0.1) is 22.3 Å². The second kappa shape index (κ2) is 8.07. The zero-order valence-corrected chi connectivity index (χ0v) is 17.0. The topological polar surface area (TPSA) is 88.2 Å². The van der Waals surface area contributed by atoms with Crippen molar-refractivity contribution >= 4 is 43.2 Å². The third kappa shape index (κ3) is 4.73. The highest BCUT2D eigenvalue weighted by Crippen LogP contribution is 2.20. The Morgan fingerprint density at radius 1 is 1.07 bits per heavy atom. The van der Waals surface area contributed by atoms with Crippen LogP contribution in [0.4, 0.5) is 15.8 Å². The van der Waals surface area contributed by atoms with Crippen molar-refractivity contribution in [3.8, 4) is 0 Å². The maximum Gasteiger partial charge on any atom is 0.261 e. The highest BCUT2D eigenvalue weighted by atomic mass is 79.9. The van der Waals surface area contributed by atoms with Crippen molar-refractivity contribution in [2.45, 2.75) is 11.8 Å². The first-order chi connectivity index (χ1) is 13.2. The maximum absolute atomic E-state index is 13.2. The number of rotatable bonds is 5. The van der Waals surface area contributed by atoms with E-state index in [1.54, 1.807) is 19.1 Å². The first-order valence-corrected chi connectivity index (χ1v) is 10.3. The van der Waals surface area contributed by atoms with Crippen LogP contribution in [0.25, 0.3) is 0 Å². The molecule has 0 saturated heterocycles. The van der Waals surface area contributed by atoms with Gasteiger partial charge in [-0.25, -0.2) is 12.8 Å². The molecule has 28 heavy (non-hydrogen) atoms. The minimum Gasteiger partial charge on any atom is -0.322 e. The van der Waals surface area contributed by atoms with Gasteiger partial charge in [-0.1, -0.05) is 15.9 Å². The predicted molar refractivity (Wildman–Crippen MR) is 108 cm³/mol. The SMILES string of the molecule is Cc1cc(F)ccc1NC(=O)c1cncc(NS(=O)(=O)c2ccc(Br)cc2)c1. The van der Waals surface area contributed by atoms with Gasteiger partial charge in [-0.3, -0.25) is 14.5 Å². The van der Waals surface area contributed by atoms with E-state index in [0.717, 1.165) is 4.47 Å². The van der Waals surface area contributed by atoms with Gasteiger partial charge in [0.25, 0.3) is 15.9 Å². The van der Waals surface area contributed by atoms with Crippen LogP contribution in [-0.4, -0.2) is 19.3 Å². The number of nitrogens with zero attached hydrogens (tertiary/aromatic N) is 1. The summed E-state index contributed by atoms with van der Waals surface area (Å²) in [6.45, 7) is 1.67. The molecule has 0 saturated carbocycles. The molecule has 0 radical (unpaired) electrons. The Morgan fingerprint density at radius 3 is 2.46 bits per heavy atom. The third-order valence-electron chi connectivity index (χ3n) is 3.81. The number of benzene rings is 2. The van der Waals surface area contributed by atoms with Crippen LogP contribution in [0, 0.1) is 12.7 Å². The number of pyridine rings is 1. The molecule has 1 amide bonds. The molecular formula is C19H15BrFN3O3S. The first kappa shape index (κ1) is 20.0. The zero-order valence-electron chi connectivity index (χ0n) is 14.6. The Balaban J connectivity index is 1.79. The average molecular weight is 464 g/mol. The summed E-state index contributed by atoms with van der Waals surface area (Å²) in [5.74, 6) is -0.895. The van der Waals surface area contributed by atoms with E-state index in [9.17, 15) is 17.6 Å². The molecule has 3 rings (SSSR count). The van der Waals surface area contributed by atoms with Crippen molar-refractivity contribution in [1.29, 1.82) is 0 Å². The lowest BCUT2D eigenvalue weighted by molar-refractivity contribution is 0.102. The molecule has 3 aromatic rings. The molecule has 1 heterocycles. The smallest absolute Gasteiger partial charge is 0.261 e. The van der Waals surface area contributed by atoms with E-state index in [2.05, 4.69) is 31.0 Å². The highest BCUT2D eigenvalue weighted by Gasteiger charge is 2.16. The summed E-state index contributed by atoms with van der Waals surface area (Å²) in [6.07, 6.45) is 2.61. The molecule has 0 spiro atoms. The molecule has 2 aromatic carbocycles. The van der Waals surface area contributed by atoms with Crippen LogP contribution in [0.5, 0.6) is 0 Å². The zero-order chi connectivity index (χ0) is 20.3. The number of carbonyl (C=O) groups excluding carboxylic acids is 1. The van der Waals surface area contributed by atoms with Crippen molar-refractivity contribution in [2.24, 2.45) is 0 Å². The molecule has 0 aliphatic carbocycles. The fraction of sp³-hybridized carbons (Fsp3) is 0.0526. The van der Waals surface area contributed by atoms with Crippen molar-refractivity contribution in [3.63, 3.8) is 0 Å². The Bertz CT molecular complexity index is 1140. The van der Waals surface area contributed by atoms with Gasteiger partial charge in [-0.2, -0.15) is 0 Å². The van der Waals surface area contributed by atoms with Crippen LogP contribution < -0.4 is 10.0 Å². The van der Waals surface area contributed by atoms with Crippen molar-refractivity contribution in [1.82, 2.24) is 4.98 Å². The Kier molecular flexibility index (Phi) is 5.76. The van der Waals surface area contributed by atoms with Crippen molar-refractivity contribution in [2.75, 3.05) is 10.0 Å². The number of sulfonamides is 1. The number of hydrogen-bond acceptors (Lipinski definition) is 4. The Labute approximate surface area is 170 Å². The molecule has 144 valence electrons. The fourth-order valence-electron chi connectivity index (χ4n) is 2.41. The Hall–Kier alpha value is -2.78. The summed E-state index contributed by atoms with van der Waals surface area (Å²) in [4.78, 5) is 16.4. The van der Waals surface area contributed by atoms with E-state index >= 15 is 0 Å².